The van der Waals surface area contributed by atoms with E-state index >= 15 is 0 Å². The Balaban J connectivity index is 1.58. The van der Waals surface area contributed by atoms with Gasteiger partial charge in [0.2, 0.25) is 0 Å². The molecule has 2 aliphatic rings. The Morgan fingerprint density at radius 1 is 1.26 bits per heavy atom. The molecule has 4 nitrogen and oxygen atoms in total. The van der Waals surface area contributed by atoms with Crippen molar-refractivity contribution < 1.29 is 19.4 Å². The summed E-state index contributed by atoms with van der Waals surface area (Å²) in [6.07, 6.45) is 3.81. The summed E-state index contributed by atoms with van der Waals surface area (Å²) in [7, 11) is 0. The number of benzene rings is 1. The number of carboxylic acid groups (broad SMARTS) is 1. The normalized spacial score (nSPS) is 29.8. The van der Waals surface area contributed by atoms with Crippen LogP contribution >= 0.6 is 0 Å². The van der Waals surface area contributed by atoms with Crippen molar-refractivity contribution in [1.82, 2.24) is 0 Å². The van der Waals surface area contributed by atoms with Gasteiger partial charge in [-0.15, -0.1) is 0 Å². The monoisotopic (exact) mass is 262 g/mol. The van der Waals surface area contributed by atoms with E-state index in [2.05, 4.69) is 0 Å². The summed E-state index contributed by atoms with van der Waals surface area (Å²) in [5.41, 5.74) is 1.09. The maximum Gasteiger partial charge on any atom is 0.307 e. The molecule has 1 heterocycles. The van der Waals surface area contributed by atoms with E-state index in [-0.39, 0.29) is 18.1 Å². The number of hydrogen-bond acceptors (Lipinski definition) is 3. The summed E-state index contributed by atoms with van der Waals surface area (Å²) in [4.78, 5) is 10.8. The van der Waals surface area contributed by atoms with Crippen LogP contribution < -0.4 is 4.74 Å². The van der Waals surface area contributed by atoms with E-state index in [1.54, 1.807) is 0 Å². The van der Waals surface area contributed by atoms with Crippen LogP contribution in [0.4, 0.5) is 0 Å². The number of ether oxygens (including phenoxy) is 2. The van der Waals surface area contributed by atoms with E-state index in [0.29, 0.717) is 0 Å². The highest BCUT2D eigenvalue weighted by Crippen LogP contribution is 2.47. The average Bonchev–Trinajstić information content (AvgIpc) is 3.21. The number of rotatable bonds is 4. The first-order valence-electron chi connectivity index (χ1n) is 6.85. The second-order valence-electron chi connectivity index (χ2n) is 5.27. The van der Waals surface area contributed by atoms with Crippen LogP contribution in [0, 0.1) is 5.92 Å². The smallest absolute Gasteiger partial charge is 0.307 e. The van der Waals surface area contributed by atoms with Gasteiger partial charge in [0.05, 0.1) is 12.5 Å². The number of hydrogen-bond donors (Lipinski definition) is 1. The van der Waals surface area contributed by atoms with Crippen molar-refractivity contribution in [2.45, 2.75) is 37.9 Å². The zero-order valence-corrected chi connectivity index (χ0v) is 10.7. The molecular formula is C15H18O4. The van der Waals surface area contributed by atoms with Crippen molar-refractivity contribution in [2.24, 2.45) is 5.92 Å². The van der Waals surface area contributed by atoms with Crippen molar-refractivity contribution in [3.05, 3.63) is 29.8 Å². The molecule has 0 aromatic heterocycles. The van der Waals surface area contributed by atoms with Gasteiger partial charge in [-0.05, 0) is 42.9 Å². The summed E-state index contributed by atoms with van der Waals surface area (Å²) in [5, 5.41) is 8.91. The fourth-order valence-corrected chi connectivity index (χ4v) is 2.59. The van der Waals surface area contributed by atoms with Crippen LogP contribution in [0.15, 0.2) is 24.3 Å². The predicted molar refractivity (Wildman–Crippen MR) is 69.1 cm³/mol. The summed E-state index contributed by atoms with van der Waals surface area (Å²) in [5.74, 6) is 0.0787. The highest BCUT2D eigenvalue weighted by molar-refractivity contribution is 5.75. The zero-order valence-electron chi connectivity index (χ0n) is 10.7. The molecule has 0 spiro atoms. The minimum atomic E-state index is -0.694. The SMILES string of the molecule is O=C(O)C1CC1c1ccc(OC2CCCCO2)cc1. The quantitative estimate of drug-likeness (QED) is 0.906. The van der Waals surface area contributed by atoms with E-state index in [0.717, 1.165) is 43.6 Å². The van der Waals surface area contributed by atoms with Gasteiger partial charge in [-0.1, -0.05) is 12.1 Å². The summed E-state index contributed by atoms with van der Waals surface area (Å²) < 4.78 is 11.3. The molecule has 1 N–H and O–H groups in total. The maximum absolute atomic E-state index is 10.8. The Labute approximate surface area is 112 Å². The van der Waals surface area contributed by atoms with Gasteiger partial charge in [0.25, 0.3) is 0 Å². The highest BCUT2D eigenvalue weighted by Gasteiger charge is 2.44. The van der Waals surface area contributed by atoms with Crippen molar-refractivity contribution in [3.63, 3.8) is 0 Å². The molecule has 3 atom stereocenters. The van der Waals surface area contributed by atoms with Crippen molar-refractivity contribution in [1.29, 1.82) is 0 Å². The van der Waals surface area contributed by atoms with Gasteiger partial charge in [0.15, 0.2) is 6.29 Å². The molecule has 4 heteroatoms. The van der Waals surface area contributed by atoms with E-state index in [1.165, 1.54) is 0 Å². The number of carboxylic acids is 1. The van der Waals surface area contributed by atoms with E-state index in [9.17, 15) is 4.79 Å². The lowest BCUT2D eigenvalue weighted by molar-refractivity contribution is -0.138. The number of carbonyl (C=O) groups is 1. The third-order valence-electron chi connectivity index (χ3n) is 3.82. The average molecular weight is 262 g/mol. The van der Waals surface area contributed by atoms with Crippen LogP contribution in [0.5, 0.6) is 5.75 Å². The zero-order chi connectivity index (χ0) is 13.2. The molecule has 0 amide bonds. The van der Waals surface area contributed by atoms with E-state index in [4.69, 9.17) is 14.6 Å². The molecule has 1 aliphatic carbocycles. The molecule has 3 rings (SSSR count). The standard InChI is InChI=1S/C15H18O4/c16-15(17)13-9-12(13)10-4-6-11(7-5-10)19-14-3-1-2-8-18-14/h4-7,12-14H,1-3,8-9H2,(H,16,17). The van der Waals surface area contributed by atoms with Gasteiger partial charge in [-0.3, -0.25) is 4.79 Å². The van der Waals surface area contributed by atoms with Crippen molar-refractivity contribution >= 4 is 5.97 Å². The van der Waals surface area contributed by atoms with Crippen LogP contribution in [0.1, 0.15) is 37.2 Å². The fraction of sp³-hybridized carbons (Fsp3) is 0.533. The lowest BCUT2D eigenvalue weighted by atomic mass is 10.1. The second-order valence-corrected chi connectivity index (χ2v) is 5.27. The largest absolute Gasteiger partial charge is 0.481 e. The molecule has 0 bridgehead atoms. The highest BCUT2D eigenvalue weighted by atomic mass is 16.7. The summed E-state index contributed by atoms with van der Waals surface area (Å²) in [6, 6.07) is 7.74. The number of aliphatic carboxylic acids is 1. The Hall–Kier alpha value is -1.55. The maximum atomic E-state index is 10.8. The third kappa shape index (κ3) is 2.89. The predicted octanol–water partition coefficient (Wildman–Crippen LogP) is 2.78. The van der Waals surface area contributed by atoms with Crippen LogP contribution in [0.25, 0.3) is 0 Å². The van der Waals surface area contributed by atoms with Crippen LogP contribution in [-0.2, 0) is 9.53 Å². The van der Waals surface area contributed by atoms with Crippen LogP contribution in [0.3, 0.4) is 0 Å². The molecule has 19 heavy (non-hydrogen) atoms. The Morgan fingerprint density at radius 2 is 2.05 bits per heavy atom. The lowest BCUT2D eigenvalue weighted by Crippen LogP contribution is -2.24. The third-order valence-corrected chi connectivity index (χ3v) is 3.82. The topological polar surface area (TPSA) is 55.8 Å². The Kier molecular flexibility index (Phi) is 3.42. The Morgan fingerprint density at radius 3 is 2.63 bits per heavy atom. The molecule has 3 unspecified atom stereocenters. The van der Waals surface area contributed by atoms with Gasteiger partial charge in [0.1, 0.15) is 5.75 Å². The summed E-state index contributed by atoms with van der Waals surface area (Å²) >= 11 is 0. The second kappa shape index (κ2) is 5.21. The minimum absolute atomic E-state index is 0.132. The van der Waals surface area contributed by atoms with Crippen LogP contribution in [-0.4, -0.2) is 24.0 Å². The molecule has 0 radical (unpaired) electrons. The minimum Gasteiger partial charge on any atom is -0.481 e. The Bertz CT molecular complexity index is 448. The molecule has 102 valence electrons. The van der Waals surface area contributed by atoms with E-state index in [1.807, 2.05) is 24.3 Å². The molecule has 1 aliphatic heterocycles. The molecule has 1 saturated heterocycles. The van der Waals surface area contributed by atoms with Crippen molar-refractivity contribution in [2.75, 3.05) is 6.61 Å². The lowest BCUT2D eigenvalue weighted by Gasteiger charge is -2.23. The molecular weight excluding hydrogens is 244 g/mol. The van der Waals surface area contributed by atoms with Crippen LogP contribution in [0.2, 0.25) is 0 Å². The van der Waals surface area contributed by atoms with Gasteiger partial charge >= 0.3 is 5.97 Å². The van der Waals surface area contributed by atoms with Gasteiger partial charge in [0, 0.05) is 6.42 Å². The first kappa shape index (κ1) is 12.5. The van der Waals surface area contributed by atoms with E-state index < -0.39 is 5.97 Å². The van der Waals surface area contributed by atoms with Crippen molar-refractivity contribution in [3.8, 4) is 5.75 Å². The van der Waals surface area contributed by atoms with Gasteiger partial charge in [-0.25, -0.2) is 0 Å². The first-order chi connectivity index (χ1) is 9.24. The first-order valence-corrected chi connectivity index (χ1v) is 6.85. The van der Waals surface area contributed by atoms with Gasteiger partial charge in [-0.2, -0.15) is 0 Å². The molecule has 2 fully saturated rings. The molecule has 1 saturated carbocycles. The molecule has 1 aromatic rings. The molecule has 1 aromatic carbocycles. The van der Waals surface area contributed by atoms with Gasteiger partial charge < -0.3 is 14.6 Å². The fourth-order valence-electron chi connectivity index (χ4n) is 2.59. The summed E-state index contributed by atoms with van der Waals surface area (Å²) in [6.45, 7) is 0.769.